The zero-order valence-electron chi connectivity index (χ0n) is 21.2. The highest BCUT2D eigenvalue weighted by molar-refractivity contribution is 5.70. The third-order valence-corrected chi connectivity index (χ3v) is 6.70. The Balaban J connectivity index is 1.47. The molecule has 1 heterocycles. The molecule has 6 nitrogen and oxygen atoms in total. The predicted molar refractivity (Wildman–Crippen MR) is 140 cm³/mol. The molecule has 1 aliphatic heterocycles. The van der Waals surface area contributed by atoms with Gasteiger partial charge in [0.05, 0.1) is 18.2 Å². The van der Waals surface area contributed by atoms with Crippen molar-refractivity contribution in [2.45, 2.75) is 50.9 Å². The van der Waals surface area contributed by atoms with E-state index in [1.165, 1.54) is 0 Å². The molecule has 0 aromatic heterocycles. The van der Waals surface area contributed by atoms with Crippen LogP contribution in [0.4, 0.5) is 4.79 Å². The monoisotopic (exact) mass is 489 g/mol. The Bertz CT molecular complexity index is 1140. The van der Waals surface area contributed by atoms with E-state index in [9.17, 15) is 9.90 Å². The molecule has 1 fully saturated rings. The maximum absolute atomic E-state index is 13.3. The van der Waals surface area contributed by atoms with Gasteiger partial charge in [-0.1, -0.05) is 66.7 Å². The Morgan fingerprint density at radius 3 is 2.17 bits per heavy atom. The number of ether oxygens (including phenoxy) is 2. The van der Waals surface area contributed by atoms with Gasteiger partial charge >= 0.3 is 6.09 Å². The van der Waals surface area contributed by atoms with Gasteiger partial charge in [0, 0.05) is 19.4 Å². The quantitative estimate of drug-likeness (QED) is 0.404. The maximum Gasteiger partial charge on any atom is 0.411 e. The lowest BCUT2D eigenvalue weighted by atomic mass is 9.80. The first-order valence-corrected chi connectivity index (χ1v) is 12.4. The largest absolute Gasteiger partial charge is 0.491 e. The van der Waals surface area contributed by atoms with Crippen molar-refractivity contribution in [3.05, 3.63) is 90.0 Å². The van der Waals surface area contributed by atoms with Crippen molar-refractivity contribution in [2.75, 3.05) is 19.8 Å². The summed E-state index contributed by atoms with van der Waals surface area (Å²) in [5.41, 5.74) is 2.21. The van der Waals surface area contributed by atoms with E-state index in [-0.39, 0.29) is 25.3 Å². The summed E-state index contributed by atoms with van der Waals surface area (Å²) >= 11 is 0. The topological polar surface area (TPSA) is 79.2 Å². The standard InChI is InChI=1S/C30H35NO5/c1-22(23-9-11-24(12-10-23)25-13-15-27(16-14-25)35-20-19-32)31-18-17-30(36-28(31)33,21-29(2,3)34)26-7-5-4-6-8-26/h4-16,22,32,34H,17-21H2,1-3H3/t22-,30?/m0/s1. The Hall–Kier alpha value is -3.35. The number of hydrogen-bond donors (Lipinski definition) is 2. The number of rotatable bonds is 9. The molecule has 6 heteroatoms. The number of cyclic esters (lactones) is 1. The fraction of sp³-hybridized carbons (Fsp3) is 0.367. The molecule has 190 valence electrons. The van der Waals surface area contributed by atoms with E-state index in [4.69, 9.17) is 14.6 Å². The Kier molecular flexibility index (Phi) is 7.67. The molecular formula is C30H35NO5. The first-order valence-electron chi connectivity index (χ1n) is 12.4. The van der Waals surface area contributed by atoms with Gasteiger partial charge in [0.25, 0.3) is 0 Å². The lowest BCUT2D eigenvalue weighted by Gasteiger charge is -2.45. The number of carbonyl (C=O) groups is 1. The number of nitrogens with zero attached hydrogens (tertiary/aromatic N) is 1. The molecule has 1 amide bonds. The van der Waals surface area contributed by atoms with Gasteiger partial charge < -0.3 is 24.6 Å². The number of aliphatic hydroxyl groups excluding tert-OH is 1. The average molecular weight is 490 g/mol. The normalized spacial score (nSPS) is 19.0. The van der Waals surface area contributed by atoms with Crippen molar-refractivity contribution in [3.8, 4) is 16.9 Å². The van der Waals surface area contributed by atoms with Crippen LogP contribution in [-0.2, 0) is 10.3 Å². The minimum atomic E-state index is -0.983. The van der Waals surface area contributed by atoms with Crippen LogP contribution in [0.2, 0.25) is 0 Å². The molecule has 1 aliphatic rings. The van der Waals surface area contributed by atoms with E-state index in [2.05, 4.69) is 0 Å². The number of carbonyl (C=O) groups excluding carboxylic acids is 1. The predicted octanol–water partition coefficient (Wildman–Crippen LogP) is 5.68. The van der Waals surface area contributed by atoms with Crippen LogP contribution in [0, 0.1) is 0 Å². The molecule has 0 bridgehead atoms. The Morgan fingerprint density at radius 2 is 1.61 bits per heavy atom. The Morgan fingerprint density at radius 1 is 1.00 bits per heavy atom. The molecular weight excluding hydrogens is 454 g/mol. The second kappa shape index (κ2) is 10.7. The van der Waals surface area contributed by atoms with Crippen LogP contribution in [0.25, 0.3) is 11.1 Å². The van der Waals surface area contributed by atoms with Crippen LogP contribution >= 0.6 is 0 Å². The van der Waals surface area contributed by atoms with Gasteiger partial charge in [-0.2, -0.15) is 0 Å². The molecule has 36 heavy (non-hydrogen) atoms. The molecule has 0 saturated carbocycles. The highest BCUT2D eigenvalue weighted by Crippen LogP contribution is 2.42. The summed E-state index contributed by atoms with van der Waals surface area (Å²) in [6.45, 7) is 6.29. The molecule has 0 radical (unpaired) electrons. The van der Waals surface area contributed by atoms with Crippen molar-refractivity contribution < 1.29 is 24.5 Å². The van der Waals surface area contributed by atoms with Crippen LogP contribution in [0.1, 0.15) is 50.8 Å². The maximum atomic E-state index is 13.3. The van der Waals surface area contributed by atoms with Crippen molar-refractivity contribution >= 4 is 6.09 Å². The minimum Gasteiger partial charge on any atom is -0.491 e. The number of hydrogen-bond acceptors (Lipinski definition) is 5. The summed E-state index contributed by atoms with van der Waals surface area (Å²) < 4.78 is 11.6. The van der Waals surface area contributed by atoms with E-state index in [1.807, 2.05) is 85.8 Å². The molecule has 1 unspecified atom stereocenters. The third kappa shape index (κ3) is 5.89. The summed E-state index contributed by atoms with van der Waals surface area (Å²) in [6, 6.07) is 25.5. The lowest BCUT2D eigenvalue weighted by molar-refractivity contribution is -0.101. The van der Waals surface area contributed by atoms with Gasteiger partial charge in [-0.3, -0.25) is 0 Å². The molecule has 0 aliphatic carbocycles. The van der Waals surface area contributed by atoms with Crippen LogP contribution in [-0.4, -0.2) is 46.6 Å². The van der Waals surface area contributed by atoms with Crippen LogP contribution in [0.5, 0.6) is 5.75 Å². The highest BCUT2D eigenvalue weighted by Gasteiger charge is 2.46. The van der Waals surface area contributed by atoms with Gasteiger partial charge in [0.2, 0.25) is 0 Å². The smallest absolute Gasteiger partial charge is 0.411 e. The van der Waals surface area contributed by atoms with E-state index in [0.717, 1.165) is 28.0 Å². The molecule has 2 atom stereocenters. The zero-order valence-corrected chi connectivity index (χ0v) is 21.2. The second-order valence-electron chi connectivity index (χ2n) is 10.1. The van der Waals surface area contributed by atoms with Crippen molar-refractivity contribution in [3.63, 3.8) is 0 Å². The molecule has 2 N–H and O–H groups in total. The first-order chi connectivity index (χ1) is 17.2. The number of amides is 1. The van der Waals surface area contributed by atoms with E-state index < -0.39 is 11.2 Å². The van der Waals surface area contributed by atoms with Gasteiger partial charge in [-0.25, -0.2) is 4.79 Å². The highest BCUT2D eigenvalue weighted by atomic mass is 16.6. The molecule has 4 rings (SSSR count). The van der Waals surface area contributed by atoms with Crippen LogP contribution < -0.4 is 4.74 Å². The first kappa shape index (κ1) is 25.7. The van der Waals surface area contributed by atoms with Gasteiger partial charge in [-0.15, -0.1) is 0 Å². The van der Waals surface area contributed by atoms with E-state index in [0.29, 0.717) is 19.4 Å². The SMILES string of the molecule is C[C@@H](c1ccc(-c2ccc(OCCO)cc2)cc1)N1CCC(CC(C)(C)O)(c2ccccc2)OC1=O. The summed E-state index contributed by atoms with van der Waals surface area (Å²) in [6.07, 6.45) is 0.556. The summed E-state index contributed by atoms with van der Waals surface area (Å²) in [5.74, 6) is 0.720. The van der Waals surface area contributed by atoms with Crippen molar-refractivity contribution in [1.82, 2.24) is 4.90 Å². The molecule has 3 aromatic rings. The molecule has 1 saturated heterocycles. The summed E-state index contributed by atoms with van der Waals surface area (Å²) in [7, 11) is 0. The van der Waals surface area contributed by atoms with Gasteiger partial charge in [0.15, 0.2) is 0 Å². The van der Waals surface area contributed by atoms with E-state index >= 15 is 0 Å². The lowest BCUT2D eigenvalue weighted by Crippen LogP contribution is -2.51. The fourth-order valence-corrected chi connectivity index (χ4v) is 4.93. The van der Waals surface area contributed by atoms with Crippen LogP contribution in [0.3, 0.4) is 0 Å². The van der Waals surface area contributed by atoms with E-state index in [1.54, 1.807) is 18.7 Å². The average Bonchev–Trinajstić information content (AvgIpc) is 2.87. The molecule has 3 aromatic carbocycles. The van der Waals surface area contributed by atoms with Crippen molar-refractivity contribution in [2.24, 2.45) is 0 Å². The zero-order chi connectivity index (χ0) is 25.8. The fourth-order valence-electron chi connectivity index (χ4n) is 4.93. The second-order valence-corrected chi connectivity index (χ2v) is 10.1. The minimum absolute atomic E-state index is 0.0153. The summed E-state index contributed by atoms with van der Waals surface area (Å²) in [4.78, 5) is 15.0. The Labute approximate surface area is 213 Å². The van der Waals surface area contributed by atoms with Gasteiger partial charge in [0.1, 0.15) is 18.0 Å². The molecule has 0 spiro atoms. The third-order valence-electron chi connectivity index (χ3n) is 6.70. The van der Waals surface area contributed by atoms with Crippen molar-refractivity contribution in [1.29, 1.82) is 0 Å². The summed E-state index contributed by atoms with van der Waals surface area (Å²) in [5, 5.41) is 19.5. The number of benzene rings is 3. The van der Waals surface area contributed by atoms with Gasteiger partial charge in [-0.05, 0) is 55.2 Å². The van der Waals surface area contributed by atoms with Crippen LogP contribution in [0.15, 0.2) is 78.9 Å². The number of aliphatic hydroxyl groups is 2.